The zero-order valence-electron chi connectivity index (χ0n) is 12.4. The van der Waals surface area contributed by atoms with Crippen molar-refractivity contribution in [3.63, 3.8) is 0 Å². The molecule has 21 heavy (non-hydrogen) atoms. The lowest BCUT2D eigenvalue weighted by atomic mass is 9.99. The van der Waals surface area contributed by atoms with Gasteiger partial charge in [-0.05, 0) is 37.8 Å². The van der Waals surface area contributed by atoms with Crippen LogP contribution in [-0.2, 0) is 14.8 Å². The Labute approximate surface area is 126 Å². The van der Waals surface area contributed by atoms with E-state index in [2.05, 4.69) is 0 Å². The molecule has 1 heterocycles. The number of carbonyl (C=O) groups excluding carboxylic acids is 1. The maximum atomic E-state index is 12.5. The van der Waals surface area contributed by atoms with E-state index in [4.69, 9.17) is 4.74 Å². The molecule has 0 atom stereocenters. The van der Waals surface area contributed by atoms with Crippen molar-refractivity contribution in [3.05, 3.63) is 29.8 Å². The van der Waals surface area contributed by atoms with Gasteiger partial charge < -0.3 is 4.74 Å². The molecule has 6 heteroatoms. The Morgan fingerprint density at radius 2 is 1.81 bits per heavy atom. The number of methoxy groups -OCH3 is 1. The first-order valence-electron chi connectivity index (χ1n) is 7.05. The molecule has 0 saturated carbocycles. The maximum Gasteiger partial charge on any atom is 0.243 e. The van der Waals surface area contributed by atoms with Crippen LogP contribution in [0.5, 0.6) is 0 Å². The van der Waals surface area contributed by atoms with Crippen molar-refractivity contribution in [3.8, 4) is 0 Å². The van der Waals surface area contributed by atoms with Gasteiger partial charge in [0, 0.05) is 32.4 Å². The van der Waals surface area contributed by atoms with Gasteiger partial charge in [0.1, 0.15) is 0 Å². The van der Waals surface area contributed by atoms with Crippen molar-refractivity contribution in [2.45, 2.75) is 24.7 Å². The fourth-order valence-corrected chi connectivity index (χ4v) is 4.03. The van der Waals surface area contributed by atoms with Gasteiger partial charge in [0.05, 0.1) is 4.90 Å². The van der Waals surface area contributed by atoms with E-state index < -0.39 is 10.0 Å². The van der Waals surface area contributed by atoms with Gasteiger partial charge in [0.15, 0.2) is 5.78 Å². The van der Waals surface area contributed by atoms with Crippen LogP contribution < -0.4 is 0 Å². The molecule has 1 aromatic rings. The minimum atomic E-state index is -3.46. The third kappa shape index (κ3) is 3.70. The summed E-state index contributed by atoms with van der Waals surface area (Å²) in [6.45, 7) is 3.18. The summed E-state index contributed by atoms with van der Waals surface area (Å²) < 4.78 is 31.7. The van der Waals surface area contributed by atoms with Crippen LogP contribution in [0.3, 0.4) is 0 Å². The molecule has 2 rings (SSSR count). The number of nitrogens with zero attached hydrogens (tertiary/aromatic N) is 1. The summed E-state index contributed by atoms with van der Waals surface area (Å²) >= 11 is 0. The van der Waals surface area contributed by atoms with Gasteiger partial charge >= 0.3 is 0 Å². The Morgan fingerprint density at radius 3 is 2.29 bits per heavy atom. The van der Waals surface area contributed by atoms with Gasteiger partial charge in [-0.2, -0.15) is 4.31 Å². The fraction of sp³-hybridized carbons (Fsp3) is 0.533. The van der Waals surface area contributed by atoms with E-state index in [1.54, 1.807) is 19.2 Å². The number of hydrogen-bond donors (Lipinski definition) is 0. The van der Waals surface area contributed by atoms with Crippen LogP contribution in [0.15, 0.2) is 29.2 Å². The van der Waals surface area contributed by atoms with Crippen LogP contribution in [0, 0.1) is 5.92 Å². The van der Waals surface area contributed by atoms with Crippen molar-refractivity contribution >= 4 is 15.8 Å². The van der Waals surface area contributed by atoms with Crippen LogP contribution in [-0.4, -0.2) is 45.3 Å². The molecule has 1 aliphatic heterocycles. The van der Waals surface area contributed by atoms with Crippen LogP contribution in [0.4, 0.5) is 0 Å². The molecular weight excluding hydrogens is 290 g/mol. The molecule has 1 aliphatic rings. The molecule has 116 valence electrons. The molecule has 0 aliphatic carbocycles. The van der Waals surface area contributed by atoms with Crippen molar-refractivity contribution in [2.75, 3.05) is 26.8 Å². The summed E-state index contributed by atoms with van der Waals surface area (Å²) in [7, 11) is -1.80. The third-order valence-corrected chi connectivity index (χ3v) is 5.79. The third-order valence-electron chi connectivity index (χ3n) is 3.87. The molecule has 1 aromatic carbocycles. The molecule has 0 aromatic heterocycles. The van der Waals surface area contributed by atoms with Gasteiger partial charge in [-0.1, -0.05) is 12.1 Å². The van der Waals surface area contributed by atoms with E-state index in [0.29, 0.717) is 31.2 Å². The minimum absolute atomic E-state index is 0.0701. The monoisotopic (exact) mass is 311 g/mol. The van der Waals surface area contributed by atoms with Gasteiger partial charge in [-0.3, -0.25) is 4.79 Å². The van der Waals surface area contributed by atoms with Gasteiger partial charge in [0.25, 0.3) is 0 Å². The molecule has 1 fully saturated rings. The second-order valence-corrected chi connectivity index (χ2v) is 7.32. The van der Waals surface area contributed by atoms with E-state index in [1.165, 1.54) is 23.4 Å². The smallest absolute Gasteiger partial charge is 0.243 e. The van der Waals surface area contributed by atoms with Gasteiger partial charge in [-0.15, -0.1) is 0 Å². The number of sulfonamides is 1. The number of Topliss-reactive ketones (excluding diaryl/α,β-unsaturated/α-hetero) is 1. The second-order valence-electron chi connectivity index (χ2n) is 5.38. The second kappa shape index (κ2) is 6.68. The normalized spacial score (nSPS) is 17.8. The van der Waals surface area contributed by atoms with Gasteiger partial charge in [-0.25, -0.2) is 8.42 Å². The van der Waals surface area contributed by atoms with Crippen molar-refractivity contribution in [2.24, 2.45) is 5.92 Å². The van der Waals surface area contributed by atoms with Gasteiger partial charge in [0.2, 0.25) is 10.0 Å². The Morgan fingerprint density at radius 1 is 1.24 bits per heavy atom. The lowest BCUT2D eigenvalue weighted by Crippen LogP contribution is -2.39. The molecule has 1 saturated heterocycles. The molecule has 0 radical (unpaired) electrons. The zero-order valence-corrected chi connectivity index (χ0v) is 13.2. The first-order valence-corrected chi connectivity index (χ1v) is 8.49. The molecule has 0 N–H and O–H groups in total. The molecule has 0 spiro atoms. The molecule has 0 unspecified atom stereocenters. The Hall–Kier alpha value is -1.24. The van der Waals surface area contributed by atoms with E-state index in [0.717, 1.165) is 12.8 Å². The maximum absolute atomic E-state index is 12.5. The standard InChI is InChI=1S/C15H21NO4S/c1-12(17)14-3-5-15(6-4-14)21(18,19)16-9-7-13(8-10-16)11-20-2/h3-6,13H,7-11H2,1-2H3. The number of ketones is 1. The predicted octanol–water partition coefficient (Wildman–Crippen LogP) is 1.94. The zero-order chi connectivity index (χ0) is 15.5. The number of hydrogen-bond acceptors (Lipinski definition) is 4. The number of benzene rings is 1. The van der Waals surface area contributed by atoms with Crippen molar-refractivity contribution in [1.29, 1.82) is 0 Å². The number of carbonyl (C=O) groups is 1. The van der Waals surface area contributed by atoms with E-state index >= 15 is 0 Å². The fourth-order valence-electron chi connectivity index (χ4n) is 2.56. The van der Waals surface area contributed by atoms with E-state index in [-0.39, 0.29) is 10.7 Å². The summed E-state index contributed by atoms with van der Waals surface area (Å²) in [5.41, 5.74) is 0.521. The average molecular weight is 311 g/mol. The Kier molecular flexibility index (Phi) is 5.13. The topological polar surface area (TPSA) is 63.7 Å². The number of rotatable bonds is 5. The highest BCUT2D eigenvalue weighted by molar-refractivity contribution is 7.89. The van der Waals surface area contributed by atoms with Crippen LogP contribution >= 0.6 is 0 Å². The summed E-state index contributed by atoms with van der Waals surface area (Å²) in [5, 5.41) is 0. The number of piperidine rings is 1. The van der Waals surface area contributed by atoms with Crippen LogP contribution in [0.2, 0.25) is 0 Å². The highest BCUT2D eigenvalue weighted by atomic mass is 32.2. The van der Waals surface area contributed by atoms with E-state index in [1.807, 2.05) is 0 Å². The largest absolute Gasteiger partial charge is 0.384 e. The quantitative estimate of drug-likeness (QED) is 0.780. The summed E-state index contributed by atoms with van der Waals surface area (Å²) in [5.74, 6) is 0.362. The first kappa shape index (κ1) is 16.1. The Bertz CT molecular complexity index is 587. The van der Waals surface area contributed by atoms with Crippen molar-refractivity contribution < 1.29 is 17.9 Å². The lowest BCUT2D eigenvalue weighted by molar-refractivity contribution is 0.101. The number of ether oxygens (including phenoxy) is 1. The Balaban J connectivity index is 2.10. The summed E-state index contributed by atoms with van der Waals surface area (Å²) in [6.07, 6.45) is 1.64. The lowest BCUT2D eigenvalue weighted by Gasteiger charge is -2.30. The summed E-state index contributed by atoms with van der Waals surface area (Å²) in [6, 6.07) is 6.14. The van der Waals surface area contributed by atoms with Crippen LogP contribution in [0.1, 0.15) is 30.1 Å². The molecule has 0 bridgehead atoms. The molecule has 0 amide bonds. The predicted molar refractivity (Wildman–Crippen MR) is 79.8 cm³/mol. The highest BCUT2D eigenvalue weighted by Crippen LogP contribution is 2.24. The SMILES string of the molecule is COCC1CCN(S(=O)(=O)c2ccc(C(C)=O)cc2)CC1. The first-order chi connectivity index (χ1) is 9.95. The van der Waals surface area contributed by atoms with Crippen molar-refractivity contribution in [1.82, 2.24) is 4.31 Å². The van der Waals surface area contributed by atoms with Crippen LogP contribution in [0.25, 0.3) is 0 Å². The minimum Gasteiger partial charge on any atom is -0.384 e. The summed E-state index contributed by atoms with van der Waals surface area (Å²) in [4.78, 5) is 11.5. The molecule has 5 nitrogen and oxygen atoms in total. The average Bonchev–Trinajstić information content (AvgIpc) is 2.48. The van der Waals surface area contributed by atoms with E-state index in [9.17, 15) is 13.2 Å². The highest BCUT2D eigenvalue weighted by Gasteiger charge is 2.29. The molecular formula is C15H21NO4S.